The Morgan fingerprint density at radius 2 is 1.85 bits per heavy atom. The minimum Gasteiger partial charge on any atom is -0.264 e. The van der Waals surface area contributed by atoms with Gasteiger partial charge in [0, 0.05) is 24.7 Å². The lowest BCUT2D eigenvalue weighted by Gasteiger charge is -2.32. The Balaban J connectivity index is 2.51. The first-order chi connectivity index (χ1) is 5.96. The molecule has 0 heterocycles. The normalized spacial score (nSPS) is 34.9. The first kappa shape index (κ1) is 10.5. The van der Waals surface area contributed by atoms with Crippen LogP contribution in [0.15, 0.2) is 0 Å². The molecule has 0 aromatic carbocycles. The highest BCUT2D eigenvalue weighted by molar-refractivity contribution is 4.83. The number of nitro groups is 1. The maximum absolute atomic E-state index is 10.8. The van der Waals surface area contributed by atoms with E-state index >= 15 is 0 Å². The predicted molar refractivity (Wildman–Crippen MR) is 52.2 cm³/mol. The molecule has 0 bridgehead atoms. The molecule has 0 unspecified atom stereocenters. The molecule has 3 nitrogen and oxygen atoms in total. The lowest BCUT2D eigenvalue weighted by Crippen LogP contribution is -2.39. The van der Waals surface area contributed by atoms with Crippen molar-refractivity contribution >= 4 is 0 Å². The third kappa shape index (κ3) is 2.20. The SMILES string of the molecule is CC(C)C1CCC(C)([N+](=O)[O-])CC1. The van der Waals surface area contributed by atoms with E-state index in [0.717, 1.165) is 25.7 Å². The molecule has 1 aliphatic carbocycles. The molecule has 0 radical (unpaired) electrons. The summed E-state index contributed by atoms with van der Waals surface area (Å²) in [5, 5.41) is 10.8. The van der Waals surface area contributed by atoms with Gasteiger partial charge in [0.15, 0.2) is 0 Å². The van der Waals surface area contributed by atoms with Gasteiger partial charge in [-0.1, -0.05) is 13.8 Å². The standard InChI is InChI=1S/C10H19NO2/c1-8(2)9-4-6-10(3,7-5-9)11(12)13/h8-9H,4-7H2,1-3H3. The van der Waals surface area contributed by atoms with Crippen LogP contribution in [0, 0.1) is 22.0 Å². The van der Waals surface area contributed by atoms with Crippen LogP contribution >= 0.6 is 0 Å². The maximum Gasteiger partial charge on any atom is 0.219 e. The van der Waals surface area contributed by atoms with Crippen LogP contribution in [0.1, 0.15) is 46.5 Å². The van der Waals surface area contributed by atoms with Crippen molar-refractivity contribution in [3.63, 3.8) is 0 Å². The summed E-state index contributed by atoms with van der Waals surface area (Å²) in [6, 6.07) is 0. The van der Waals surface area contributed by atoms with E-state index in [0.29, 0.717) is 11.8 Å². The van der Waals surface area contributed by atoms with Crippen molar-refractivity contribution in [2.45, 2.75) is 52.0 Å². The average Bonchev–Trinajstić information content (AvgIpc) is 2.04. The van der Waals surface area contributed by atoms with Gasteiger partial charge in [-0.3, -0.25) is 10.1 Å². The van der Waals surface area contributed by atoms with Crippen molar-refractivity contribution in [1.82, 2.24) is 0 Å². The fraction of sp³-hybridized carbons (Fsp3) is 1.00. The summed E-state index contributed by atoms with van der Waals surface area (Å²) in [7, 11) is 0. The summed E-state index contributed by atoms with van der Waals surface area (Å²) in [4.78, 5) is 10.7. The summed E-state index contributed by atoms with van der Waals surface area (Å²) in [6.07, 6.45) is 3.55. The number of hydrogen-bond acceptors (Lipinski definition) is 2. The van der Waals surface area contributed by atoms with E-state index in [1.807, 2.05) is 0 Å². The van der Waals surface area contributed by atoms with Gasteiger partial charge >= 0.3 is 0 Å². The molecule has 3 heteroatoms. The Labute approximate surface area is 79.7 Å². The zero-order valence-corrected chi connectivity index (χ0v) is 8.75. The Hall–Kier alpha value is -0.600. The van der Waals surface area contributed by atoms with E-state index in [4.69, 9.17) is 0 Å². The van der Waals surface area contributed by atoms with Crippen molar-refractivity contribution in [3.05, 3.63) is 10.1 Å². The number of nitrogens with zero attached hydrogens (tertiary/aromatic N) is 1. The van der Waals surface area contributed by atoms with Crippen LogP contribution < -0.4 is 0 Å². The quantitative estimate of drug-likeness (QED) is 0.490. The molecule has 1 aliphatic rings. The minimum atomic E-state index is -0.634. The summed E-state index contributed by atoms with van der Waals surface area (Å²) >= 11 is 0. The van der Waals surface area contributed by atoms with Crippen molar-refractivity contribution in [1.29, 1.82) is 0 Å². The number of rotatable bonds is 2. The van der Waals surface area contributed by atoms with Crippen LogP contribution in [0.3, 0.4) is 0 Å². The molecule has 1 rings (SSSR count). The Morgan fingerprint density at radius 1 is 1.38 bits per heavy atom. The van der Waals surface area contributed by atoms with Crippen LogP contribution in [0.4, 0.5) is 0 Å². The van der Waals surface area contributed by atoms with Crippen LogP contribution in [0.25, 0.3) is 0 Å². The zero-order chi connectivity index (χ0) is 10.1. The molecule has 0 saturated heterocycles. The van der Waals surface area contributed by atoms with Gasteiger partial charge in [0.1, 0.15) is 0 Å². The fourth-order valence-electron chi connectivity index (χ4n) is 2.11. The van der Waals surface area contributed by atoms with E-state index in [2.05, 4.69) is 13.8 Å². The highest BCUT2D eigenvalue weighted by Gasteiger charge is 2.41. The monoisotopic (exact) mass is 185 g/mol. The lowest BCUT2D eigenvalue weighted by atomic mass is 9.74. The minimum absolute atomic E-state index is 0.0937. The lowest BCUT2D eigenvalue weighted by molar-refractivity contribution is -0.570. The topological polar surface area (TPSA) is 43.1 Å². The summed E-state index contributed by atoms with van der Waals surface area (Å²) in [5.74, 6) is 1.38. The molecular formula is C10H19NO2. The second-order valence-electron chi connectivity index (χ2n) is 4.84. The van der Waals surface area contributed by atoms with E-state index < -0.39 is 5.54 Å². The first-order valence-electron chi connectivity index (χ1n) is 5.10. The van der Waals surface area contributed by atoms with Gasteiger partial charge in [-0.2, -0.15) is 0 Å². The van der Waals surface area contributed by atoms with Gasteiger partial charge in [0.05, 0.1) is 0 Å². The van der Waals surface area contributed by atoms with E-state index in [1.165, 1.54) is 0 Å². The molecule has 13 heavy (non-hydrogen) atoms. The van der Waals surface area contributed by atoms with Crippen LogP contribution in [-0.4, -0.2) is 10.5 Å². The Morgan fingerprint density at radius 3 is 2.15 bits per heavy atom. The third-order valence-corrected chi connectivity index (χ3v) is 3.49. The van der Waals surface area contributed by atoms with Crippen molar-refractivity contribution in [3.8, 4) is 0 Å². The molecule has 0 amide bonds. The highest BCUT2D eigenvalue weighted by Crippen LogP contribution is 2.37. The van der Waals surface area contributed by atoms with Gasteiger partial charge in [-0.25, -0.2) is 0 Å². The zero-order valence-electron chi connectivity index (χ0n) is 8.75. The molecule has 0 aliphatic heterocycles. The van der Waals surface area contributed by atoms with E-state index in [1.54, 1.807) is 6.92 Å². The molecule has 0 spiro atoms. The van der Waals surface area contributed by atoms with Gasteiger partial charge in [0.25, 0.3) is 0 Å². The summed E-state index contributed by atoms with van der Waals surface area (Å²) < 4.78 is 0. The average molecular weight is 185 g/mol. The largest absolute Gasteiger partial charge is 0.264 e. The third-order valence-electron chi connectivity index (χ3n) is 3.49. The van der Waals surface area contributed by atoms with E-state index in [9.17, 15) is 10.1 Å². The van der Waals surface area contributed by atoms with Gasteiger partial charge in [-0.05, 0) is 24.7 Å². The van der Waals surface area contributed by atoms with Crippen LogP contribution in [0.5, 0.6) is 0 Å². The molecule has 0 N–H and O–H groups in total. The highest BCUT2D eigenvalue weighted by atomic mass is 16.6. The summed E-state index contributed by atoms with van der Waals surface area (Å²) in [5.41, 5.74) is -0.634. The van der Waals surface area contributed by atoms with Crippen molar-refractivity contribution in [2.24, 2.45) is 11.8 Å². The second-order valence-corrected chi connectivity index (χ2v) is 4.84. The second kappa shape index (κ2) is 3.64. The van der Waals surface area contributed by atoms with Gasteiger partial charge in [0.2, 0.25) is 5.54 Å². The Kier molecular flexibility index (Phi) is 2.94. The van der Waals surface area contributed by atoms with Crippen molar-refractivity contribution < 1.29 is 4.92 Å². The number of hydrogen-bond donors (Lipinski definition) is 0. The van der Waals surface area contributed by atoms with Crippen LogP contribution in [0.2, 0.25) is 0 Å². The summed E-state index contributed by atoms with van der Waals surface area (Å²) in [6.45, 7) is 6.20. The smallest absolute Gasteiger partial charge is 0.219 e. The van der Waals surface area contributed by atoms with Crippen LogP contribution in [-0.2, 0) is 0 Å². The molecule has 1 saturated carbocycles. The van der Waals surface area contributed by atoms with Gasteiger partial charge < -0.3 is 0 Å². The maximum atomic E-state index is 10.8. The molecule has 0 aromatic rings. The first-order valence-corrected chi connectivity index (χ1v) is 5.10. The molecule has 0 aromatic heterocycles. The Bertz CT molecular complexity index is 193. The van der Waals surface area contributed by atoms with Gasteiger partial charge in [-0.15, -0.1) is 0 Å². The molecule has 1 fully saturated rings. The molecule has 0 atom stereocenters. The molecular weight excluding hydrogens is 166 g/mol. The fourth-order valence-corrected chi connectivity index (χ4v) is 2.11. The van der Waals surface area contributed by atoms with Crippen molar-refractivity contribution in [2.75, 3.05) is 0 Å². The molecule has 76 valence electrons. The predicted octanol–water partition coefficient (Wildman–Crippen LogP) is 2.87. The van der Waals surface area contributed by atoms with E-state index in [-0.39, 0.29) is 4.92 Å².